The fraction of sp³-hybridized carbons (Fsp3) is 0.235. The van der Waals surface area contributed by atoms with Gasteiger partial charge in [-0.15, -0.1) is 0 Å². The first-order valence-electron chi connectivity index (χ1n) is 7.69. The molecule has 0 aliphatic carbocycles. The molecule has 3 heterocycles. The summed E-state index contributed by atoms with van der Waals surface area (Å²) in [5.41, 5.74) is 4.31. The fourth-order valence-electron chi connectivity index (χ4n) is 3.05. The van der Waals surface area contributed by atoms with Gasteiger partial charge in [-0.05, 0) is 36.7 Å². The standard InChI is InChI=1S/C17H16N4O3/c1-21-5-4-12-10(9-21)7-18-8-13(12)16(22)19-11-2-3-14-15(6-11)24-17(23)20-14/h2-3,6-8H,4-5,9H2,1H3,(H,19,22)(H,20,23). The monoisotopic (exact) mass is 324 g/mol. The fourth-order valence-corrected chi connectivity index (χ4v) is 3.05. The number of nitrogens with zero attached hydrogens (tertiary/aromatic N) is 2. The Balaban J connectivity index is 1.64. The molecule has 0 unspecified atom stereocenters. The molecule has 1 aliphatic rings. The van der Waals surface area contributed by atoms with E-state index in [1.54, 1.807) is 24.4 Å². The number of carbonyl (C=O) groups is 1. The molecule has 0 saturated heterocycles. The molecule has 7 heteroatoms. The van der Waals surface area contributed by atoms with E-state index in [1.807, 2.05) is 6.20 Å². The lowest BCUT2D eigenvalue weighted by Gasteiger charge is -2.25. The lowest BCUT2D eigenvalue weighted by Crippen LogP contribution is -2.29. The summed E-state index contributed by atoms with van der Waals surface area (Å²) in [6.45, 7) is 1.71. The normalized spacial score (nSPS) is 14.5. The summed E-state index contributed by atoms with van der Waals surface area (Å²) in [4.78, 5) is 32.8. The van der Waals surface area contributed by atoms with Gasteiger partial charge in [-0.1, -0.05) is 0 Å². The van der Waals surface area contributed by atoms with Crippen LogP contribution in [0.5, 0.6) is 0 Å². The highest BCUT2D eigenvalue weighted by atomic mass is 16.4. The van der Waals surface area contributed by atoms with E-state index in [-0.39, 0.29) is 5.91 Å². The van der Waals surface area contributed by atoms with Crippen LogP contribution in [0.15, 0.2) is 39.8 Å². The number of fused-ring (bicyclic) bond motifs is 2. The third-order valence-electron chi connectivity index (χ3n) is 4.25. The van der Waals surface area contributed by atoms with Crippen molar-refractivity contribution in [1.82, 2.24) is 14.9 Å². The molecule has 24 heavy (non-hydrogen) atoms. The Morgan fingerprint density at radius 1 is 1.38 bits per heavy atom. The van der Waals surface area contributed by atoms with Crippen LogP contribution in [0.2, 0.25) is 0 Å². The van der Waals surface area contributed by atoms with Gasteiger partial charge in [0.1, 0.15) is 0 Å². The number of carbonyl (C=O) groups excluding carboxylic acids is 1. The molecule has 0 saturated carbocycles. The Hall–Kier alpha value is -2.93. The number of rotatable bonds is 2. The molecule has 1 amide bonds. The average molecular weight is 324 g/mol. The Morgan fingerprint density at radius 2 is 2.25 bits per heavy atom. The second-order valence-electron chi connectivity index (χ2n) is 5.99. The molecule has 3 aromatic rings. The van der Waals surface area contributed by atoms with E-state index in [2.05, 4.69) is 27.2 Å². The molecule has 7 nitrogen and oxygen atoms in total. The molecule has 1 aromatic carbocycles. The predicted molar refractivity (Wildman–Crippen MR) is 89.1 cm³/mol. The van der Waals surface area contributed by atoms with E-state index in [4.69, 9.17) is 4.42 Å². The van der Waals surface area contributed by atoms with Crippen molar-refractivity contribution in [1.29, 1.82) is 0 Å². The van der Waals surface area contributed by atoms with Crippen molar-refractivity contribution in [2.24, 2.45) is 0 Å². The number of nitrogens with one attached hydrogen (secondary N) is 2. The highest BCUT2D eigenvalue weighted by molar-refractivity contribution is 6.05. The number of benzene rings is 1. The topological polar surface area (TPSA) is 91.2 Å². The number of pyridine rings is 1. The molecular formula is C17H16N4O3. The molecule has 0 radical (unpaired) electrons. The van der Waals surface area contributed by atoms with Gasteiger partial charge in [-0.25, -0.2) is 4.79 Å². The third-order valence-corrected chi connectivity index (χ3v) is 4.25. The van der Waals surface area contributed by atoms with Crippen LogP contribution in [0, 0.1) is 0 Å². The van der Waals surface area contributed by atoms with E-state index in [1.165, 1.54) is 0 Å². The zero-order valence-corrected chi connectivity index (χ0v) is 13.1. The van der Waals surface area contributed by atoms with Gasteiger partial charge in [0.05, 0.1) is 11.1 Å². The third kappa shape index (κ3) is 2.59. The van der Waals surface area contributed by atoms with Gasteiger partial charge < -0.3 is 14.6 Å². The van der Waals surface area contributed by atoms with Crippen LogP contribution >= 0.6 is 0 Å². The SMILES string of the molecule is CN1CCc2c(cncc2C(=O)Nc2ccc3[nH]c(=O)oc3c2)C1. The zero-order valence-electron chi connectivity index (χ0n) is 13.1. The molecular weight excluding hydrogens is 308 g/mol. The van der Waals surface area contributed by atoms with Crippen LogP contribution in [-0.2, 0) is 13.0 Å². The van der Waals surface area contributed by atoms with Gasteiger partial charge in [0.25, 0.3) is 5.91 Å². The maximum absolute atomic E-state index is 12.6. The number of aromatic amines is 1. The minimum Gasteiger partial charge on any atom is -0.408 e. The van der Waals surface area contributed by atoms with E-state index >= 15 is 0 Å². The number of hydrogen-bond donors (Lipinski definition) is 2. The van der Waals surface area contributed by atoms with E-state index in [0.717, 1.165) is 30.6 Å². The van der Waals surface area contributed by atoms with Crippen molar-refractivity contribution < 1.29 is 9.21 Å². The van der Waals surface area contributed by atoms with Crippen LogP contribution < -0.4 is 11.1 Å². The smallest absolute Gasteiger partial charge is 0.408 e. The van der Waals surface area contributed by atoms with E-state index in [0.29, 0.717) is 22.4 Å². The van der Waals surface area contributed by atoms with Gasteiger partial charge >= 0.3 is 5.76 Å². The lowest BCUT2D eigenvalue weighted by atomic mass is 9.97. The molecule has 1 aliphatic heterocycles. The van der Waals surface area contributed by atoms with Crippen molar-refractivity contribution >= 4 is 22.7 Å². The van der Waals surface area contributed by atoms with Gasteiger partial charge in [0.2, 0.25) is 0 Å². The summed E-state index contributed by atoms with van der Waals surface area (Å²) in [6.07, 6.45) is 4.25. The summed E-state index contributed by atoms with van der Waals surface area (Å²) < 4.78 is 5.02. The summed E-state index contributed by atoms with van der Waals surface area (Å²) in [5, 5.41) is 2.85. The first-order chi connectivity index (χ1) is 11.6. The predicted octanol–water partition coefficient (Wildman–Crippen LogP) is 1.76. The lowest BCUT2D eigenvalue weighted by molar-refractivity contribution is 0.102. The van der Waals surface area contributed by atoms with Crippen molar-refractivity contribution in [2.45, 2.75) is 13.0 Å². The van der Waals surface area contributed by atoms with E-state index in [9.17, 15) is 9.59 Å². The van der Waals surface area contributed by atoms with Crippen LogP contribution in [0.4, 0.5) is 5.69 Å². The van der Waals surface area contributed by atoms with Gasteiger partial charge in [0.15, 0.2) is 5.58 Å². The average Bonchev–Trinajstić information content (AvgIpc) is 2.93. The first kappa shape index (κ1) is 14.6. The van der Waals surface area contributed by atoms with Crippen molar-refractivity contribution in [3.63, 3.8) is 0 Å². The van der Waals surface area contributed by atoms with Crippen LogP contribution in [0.3, 0.4) is 0 Å². The molecule has 0 atom stereocenters. The Bertz CT molecular complexity index is 989. The minimum atomic E-state index is -0.515. The number of amides is 1. The van der Waals surface area contributed by atoms with E-state index < -0.39 is 5.76 Å². The number of H-pyrrole nitrogens is 1. The van der Waals surface area contributed by atoms with Crippen LogP contribution in [-0.4, -0.2) is 34.4 Å². The molecule has 2 N–H and O–H groups in total. The highest BCUT2D eigenvalue weighted by Crippen LogP contribution is 2.22. The zero-order chi connectivity index (χ0) is 16.7. The molecule has 0 fully saturated rings. The van der Waals surface area contributed by atoms with Crippen molar-refractivity contribution in [3.05, 3.63) is 57.8 Å². The maximum Gasteiger partial charge on any atom is 0.417 e. The number of anilines is 1. The van der Waals surface area contributed by atoms with Crippen LogP contribution in [0.25, 0.3) is 11.1 Å². The summed E-state index contributed by atoms with van der Waals surface area (Å²) in [5.74, 6) is -0.722. The van der Waals surface area contributed by atoms with Crippen LogP contribution in [0.1, 0.15) is 21.5 Å². The second kappa shape index (κ2) is 5.61. The summed E-state index contributed by atoms with van der Waals surface area (Å²) >= 11 is 0. The Kier molecular flexibility index (Phi) is 3.42. The summed E-state index contributed by atoms with van der Waals surface area (Å²) in [6, 6.07) is 5.05. The number of hydrogen-bond acceptors (Lipinski definition) is 5. The molecule has 0 spiro atoms. The Morgan fingerprint density at radius 3 is 3.12 bits per heavy atom. The molecule has 0 bridgehead atoms. The molecule has 122 valence electrons. The quantitative estimate of drug-likeness (QED) is 0.749. The molecule has 2 aromatic heterocycles. The maximum atomic E-state index is 12.6. The highest BCUT2D eigenvalue weighted by Gasteiger charge is 2.20. The largest absolute Gasteiger partial charge is 0.417 e. The molecule has 4 rings (SSSR count). The Labute approximate surface area is 137 Å². The van der Waals surface area contributed by atoms with Crippen molar-refractivity contribution in [2.75, 3.05) is 18.9 Å². The number of oxazole rings is 1. The minimum absolute atomic E-state index is 0.207. The van der Waals surface area contributed by atoms with Gasteiger partial charge in [-0.2, -0.15) is 0 Å². The summed E-state index contributed by atoms with van der Waals surface area (Å²) in [7, 11) is 2.05. The number of likely N-dealkylation sites (N-methyl/N-ethyl adjacent to an activating group) is 1. The first-order valence-corrected chi connectivity index (χ1v) is 7.69. The van der Waals surface area contributed by atoms with Crippen molar-refractivity contribution in [3.8, 4) is 0 Å². The number of aromatic nitrogens is 2. The second-order valence-corrected chi connectivity index (χ2v) is 5.99. The van der Waals surface area contributed by atoms with Gasteiger partial charge in [-0.3, -0.25) is 14.8 Å². The van der Waals surface area contributed by atoms with Gasteiger partial charge in [0, 0.05) is 37.2 Å².